The van der Waals surface area contributed by atoms with Crippen molar-refractivity contribution in [3.63, 3.8) is 0 Å². The minimum absolute atomic E-state index is 0.236. The molecule has 1 N–H and O–H groups in total. The lowest BCUT2D eigenvalue weighted by Crippen LogP contribution is -2.36. The van der Waals surface area contributed by atoms with Crippen LogP contribution in [0.4, 0.5) is 13.2 Å². The van der Waals surface area contributed by atoms with Gasteiger partial charge in [-0.2, -0.15) is 13.2 Å². The summed E-state index contributed by atoms with van der Waals surface area (Å²) in [6.45, 7) is 8.89. The molecule has 158 valence electrons. The Balaban J connectivity index is 0.000000279. The first-order chi connectivity index (χ1) is 13.2. The Morgan fingerprint density at radius 2 is 2.21 bits per heavy atom. The standard InChI is InChI=1S/C16H24N2O2S.C2HF3O2/c1-12-17-15(8-21-12)5-18-4-14-7-20-11-16(14,9-18)10-19-6-13-2-3-13;3-2(4,5)1(6)7/h8,13-14H,2-7,9-11H2,1H3;(H,6,7)/t14-,16-;/m1./s1. The normalized spacial score (nSPS) is 27.4. The number of carbonyl (C=O) groups is 1. The van der Waals surface area contributed by atoms with Crippen LogP contribution in [0.3, 0.4) is 0 Å². The molecular formula is C18H25F3N2O4S. The van der Waals surface area contributed by atoms with Crippen LogP contribution in [0.1, 0.15) is 23.5 Å². The lowest BCUT2D eigenvalue weighted by atomic mass is 9.82. The highest BCUT2D eigenvalue weighted by atomic mass is 32.1. The predicted molar refractivity (Wildman–Crippen MR) is 96.1 cm³/mol. The summed E-state index contributed by atoms with van der Waals surface area (Å²) >= 11 is 1.75. The zero-order chi connectivity index (χ0) is 20.4. The van der Waals surface area contributed by atoms with E-state index in [-0.39, 0.29) is 5.41 Å². The SMILES string of the molecule is Cc1nc(CN2C[C@@H]3COC[C@]3(COCC3CC3)C2)cs1.O=C(O)C(F)(F)F. The first kappa shape index (κ1) is 21.5. The second-order valence-electron chi connectivity index (χ2n) is 7.86. The number of likely N-dealkylation sites (tertiary alicyclic amines) is 1. The van der Waals surface area contributed by atoms with Gasteiger partial charge in [-0.05, 0) is 25.7 Å². The van der Waals surface area contributed by atoms with Crippen LogP contribution in [-0.4, -0.2) is 66.7 Å². The quantitative estimate of drug-likeness (QED) is 0.760. The number of carboxylic acids is 1. The van der Waals surface area contributed by atoms with Gasteiger partial charge in [0, 0.05) is 43.0 Å². The fraction of sp³-hybridized carbons (Fsp3) is 0.778. The van der Waals surface area contributed by atoms with Gasteiger partial charge in [0.05, 0.1) is 30.5 Å². The van der Waals surface area contributed by atoms with E-state index in [0.717, 1.165) is 57.0 Å². The highest BCUT2D eigenvalue weighted by Crippen LogP contribution is 2.42. The molecule has 0 unspecified atom stereocenters. The van der Waals surface area contributed by atoms with Crippen molar-refractivity contribution >= 4 is 17.3 Å². The lowest BCUT2D eigenvalue weighted by Gasteiger charge is -2.27. The molecule has 6 nitrogen and oxygen atoms in total. The number of nitrogens with zero attached hydrogens (tertiary/aromatic N) is 2. The van der Waals surface area contributed by atoms with Crippen LogP contribution in [0.15, 0.2) is 5.38 Å². The van der Waals surface area contributed by atoms with E-state index in [1.807, 2.05) is 0 Å². The van der Waals surface area contributed by atoms with Gasteiger partial charge in [0.1, 0.15) is 0 Å². The average Bonchev–Trinajstić information content (AvgIpc) is 3.05. The number of thiazole rings is 1. The molecule has 3 aliphatic rings. The van der Waals surface area contributed by atoms with Crippen LogP contribution < -0.4 is 0 Å². The molecule has 28 heavy (non-hydrogen) atoms. The second-order valence-corrected chi connectivity index (χ2v) is 8.93. The lowest BCUT2D eigenvalue weighted by molar-refractivity contribution is -0.192. The highest BCUT2D eigenvalue weighted by molar-refractivity contribution is 7.09. The van der Waals surface area contributed by atoms with Crippen molar-refractivity contribution in [1.82, 2.24) is 9.88 Å². The number of aliphatic carboxylic acids is 1. The van der Waals surface area contributed by atoms with E-state index < -0.39 is 12.1 Å². The summed E-state index contributed by atoms with van der Waals surface area (Å²) in [4.78, 5) is 16.0. The largest absolute Gasteiger partial charge is 0.490 e. The molecule has 4 rings (SSSR count). The molecule has 2 atom stereocenters. The zero-order valence-corrected chi connectivity index (χ0v) is 16.5. The van der Waals surface area contributed by atoms with Crippen LogP contribution in [0.5, 0.6) is 0 Å². The van der Waals surface area contributed by atoms with E-state index in [4.69, 9.17) is 19.4 Å². The number of aryl methyl sites for hydroxylation is 1. The van der Waals surface area contributed by atoms with E-state index in [0.29, 0.717) is 5.92 Å². The summed E-state index contributed by atoms with van der Waals surface area (Å²) in [5.74, 6) is -1.28. The summed E-state index contributed by atoms with van der Waals surface area (Å²) in [7, 11) is 0. The predicted octanol–water partition coefficient (Wildman–Crippen LogP) is 2.96. The molecule has 10 heteroatoms. The molecule has 0 spiro atoms. The maximum atomic E-state index is 10.6. The monoisotopic (exact) mass is 422 g/mol. The van der Waals surface area contributed by atoms with E-state index in [2.05, 4.69) is 22.2 Å². The summed E-state index contributed by atoms with van der Waals surface area (Å²) in [6.07, 6.45) is -2.36. The molecular weight excluding hydrogens is 397 g/mol. The van der Waals surface area contributed by atoms with Gasteiger partial charge in [0.2, 0.25) is 0 Å². The van der Waals surface area contributed by atoms with Crippen molar-refractivity contribution in [2.24, 2.45) is 17.3 Å². The van der Waals surface area contributed by atoms with E-state index in [1.54, 1.807) is 11.3 Å². The number of aromatic nitrogens is 1. The molecule has 0 amide bonds. The van der Waals surface area contributed by atoms with Gasteiger partial charge in [-0.15, -0.1) is 11.3 Å². The van der Waals surface area contributed by atoms with Gasteiger partial charge >= 0.3 is 12.1 Å². The average molecular weight is 422 g/mol. The van der Waals surface area contributed by atoms with Gasteiger partial charge in [0.25, 0.3) is 0 Å². The molecule has 1 aliphatic carbocycles. The fourth-order valence-corrected chi connectivity index (χ4v) is 4.29. The van der Waals surface area contributed by atoms with Crippen LogP contribution in [0.2, 0.25) is 0 Å². The summed E-state index contributed by atoms with van der Waals surface area (Å²) in [6, 6.07) is 0. The van der Waals surface area contributed by atoms with Crippen LogP contribution in [0, 0.1) is 24.2 Å². The Hall–Kier alpha value is -1.23. The molecule has 0 aromatic carbocycles. The molecule has 0 bridgehead atoms. The van der Waals surface area contributed by atoms with Crippen LogP contribution in [0.25, 0.3) is 0 Å². The highest BCUT2D eigenvalue weighted by Gasteiger charge is 2.50. The van der Waals surface area contributed by atoms with Crippen molar-refractivity contribution in [3.8, 4) is 0 Å². The van der Waals surface area contributed by atoms with Gasteiger partial charge in [0.15, 0.2) is 0 Å². The summed E-state index contributed by atoms with van der Waals surface area (Å²) in [5.41, 5.74) is 1.45. The molecule has 0 radical (unpaired) electrons. The Morgan fingerprint density at radius 1 is 1.50 bits per heavy atom. The number of hydrogen-bond donors (Lipinski definition) is 1. The zero-order valence-electron chi connectivity index (χ0n) is 15.7. The Morgan fingerprint density at radius 3 is 2.79 bits per heavy atom. The second kappa shape index (κ2) is 8.64. The molecule has 1 aromatic heterocycles. The first-order valence-electron chi connectivity index (χ1n) is 9.27. The fourth-order valence-electron chi connectivity index (χ4n) is 3.69. The summed E-state index contributed by atoms with van der Waals surface area (Å²) < 4.78 is 43.5. The third-order valence-electron chi connectivity index (χ3n) is 5.33. The molecule has 3 fully saturated rings. The minimum atomic E-state index is -5.08. The summed E-state index contributed by atoms with van der Waals surface area (Å²) in [5, 5.41) is 10.5. The molecule has 3 heterocycles. The van der Waals surface area contributed by atoms with Crippen molar-refractivity contribution in [2.75, 3.05) is 39.5 Å². The van der Waals surface area contributed by atoms with Crippen molar-refractivity contribution in [3.05, 3.63) is 16.1 Å². The molecule has 1 aromatic rings. The molecule has 1 saturated carbocycles. The number of ether oxygens (including phenoxy) is 2. The third kappa shape index (κ3) is 5.65. The first-order valence-corrected chi connectivity index (χ1v) is 10.1. The number of rotatable bonds is 6. The van der Waals surface area contributed by atoms with Crippen molar-refractivity contribution in [2.45, 2.75) is 32.5 Å². The van der Waals surface area contributed by atoms with Crippen LogP contribution >= 0.6 is 11.3 Å². The van der Waals surface area contributed by atoms with Crippen LogP contribution in [-0.2, 0) is 20.8 Å². The number of hydrogen-bond acceptors (Lipinski definition) is 6. The minimum Gasteiger partial charge on any atom is -0.475 e. The maximum Gasteiger partial charge on any atom is 0.490 e. The number of fused-ring (bicyclic) bond motifs is 1. The Kier molecular flexibility index (Phi) is 6.63. The smallest absolute Gasteiger partial charge is 0.475 e. The topological polar surface area (TPSA) is 71.9 Å². The van der Waals surface area contributed by atoms with Gasteiger partial charge in [-0.1, -0.05) is 0 Å². The Labute approximate surface area is 165 Å². The third-order valence-corrected chi connectivity index (χ3v) is 6.15. The number of halogens is 3. The van der Waals surface area contributed by atoms with Gasteiger partial charge < -0.3 is 14.6 Å². The number of alkyl halides is 3. The van der Waals surface area contributed by atoms with E-state index in [9.17, 15) is 13.2 Å². The van der Waals surface area contributed by atoms with E-state index >= 15 is 0 Å². The molecule has 2 aliphatic heterocycles. The molecule has 2 saturated heterocycles. The number of carboxylic acid groups (broad SMARTS) is 1. The Bertz CT molecular complexity index is 680. The van der Waals surface area contributed by atoms with E-state index in [1.165, 1.54) is 18.5 Å². The van der Waals surface area contributed by atoms with Crippen molar-refractivity contribution < 1.29 is 32.5 Å². The van der Waals surface area contributed by atoms with Crippen molar-refractivity contribution in [1.29, 1.82) is 0 Å². The van der Waals surface area contributed by atoms with Gasteiger partial charge in [-0.3, -0.25) is 4.90 Å². The maximum absolute atomic E-state index is 10.6. The van der Waals surface area contributed by atoms with Gasteiger partial charge in [-0.25, -0.2) is 9.78 Å².